The molecule has 0 aliphatic carbocycles. The van der Waals surface area contributed by atoms with Crippen LogP contribution in [0.3, 0.4) is 0 Å². The first-order valence-electron chi connectivity index (χ1n) is 4.59. The van der Waals surface area contributed by atoms with Gasteiger partial charge in [0.25, 0.3) is 0 Å². The van der Waals surface area contributed by atoms with Crippen molar-refractivity contribution >= 4 is 0 Å². The molecular weight excluding hydrogens is 164 g/mol. The van der Waals surface area contributed by atoms with Gasteiger partial charge in [-0.3, -0.25) is 0 Å². The summed E-state index contributed by atoms with van der Waals surface area (Å²) in [5.41, 5.74) is 1.12. The minimum atomic E-state index is 0.840. The van der Waals surface area contributed by atoms with E-state index >= 15 is 0 Å². The van der Waals surface area contributed by atoms with E-state index in [1.54, 1.807) is 6.33 Å². The molecule has 72 valence electrons. The zero-order valence-corrected chi connectivity index (χ0v) is 7.95. The van der Waals surface area contributed by atoms with Crippen LogP contribution in [0.2, 0.25) is 0 Å². The van der Waals surface area contributed by atoms with E-state index in [0.29, 0.717) is 0 Å². The number of likely N-dealkylation sites (N-methyl/N-ethyl adjacent to an activating group) is 1. The molecule has 13 heavy (non-hydrogen) atoms. The number of rotatable bonds is 6. The quantitative estimate of drug-likeness (QED) is 0.613. The Morgan fingerprint density at radius 1 is 1.15 bits per heavy atom. The molecule has 0 unspecified atom stereocenters. The number of hydrogen-bond acceptors (Lipinski definition) is 4. The fourth-order valence-corrected chi connectivity index (χ4v) is 1.01. The van der Waals surface area contributed by atoms with Gasteiger partial charge in [0.05, 0.1) is 0 Å². The summed E-state index contributed by atoms with van der Waals surface area (Å²) in [6.07, 6.45) is 5.20. The van der Waals surface area contributed by atoms with Gasteiger partial charge in [0.2, 0.25) is 0 Å². The van der Waals surface area contributed by atoms with Crippen LogP contribution in [-0.4, -0.2) is 29.6 Å². The van der Waals surface area contributed by atoms with Crippen molar-refractivity contribution in [3.63, 3.8) is 0 Å². The second-order valence-corrected chi connectivity index (χ2v) is 2.78. The lowest BCUT2D eigenvalue weighted by molar-refractivity contribution is 0.623. The third kappa shape index (κ3) is 4.55. The maximum absolute atomic E-state index is 3.93. The molecule has 0 saturated carbocycles. The van der Waals surface area contributed by atoms with Crippen molar-refractivity contribution in [1.29, 1.82) is 0 Å². The molecule has 0 aliphatic heterocycles. The summed E-state index contributed by atoms with van der Waals surface area (Å²) < 4.78 is 0. The van der Waals surface area contributed by atoms with Gasteiger partial charge in [-0.2, -0.15) is 0 Å². The molecule has 1 aromatic rings. The first-order valence-corrected chi connectivity index (χ1v) is 4.59. The van der Waals surface area contributed by atoms with E-state index in [2.05, 4.69) is 27.5 Å². The predicted molar refractivity (Wildman–Crippen MR) is 52.3 cm³/mol. The minimum Gasteiger partial charge on any atom is -0.316 e. The zero-order valence-electron chi connectivity index (χ0n) is 7.95. The molecule has 0 aromatic carbocycles. The highest BCUT2D eigenvalue weighted by Gasteiger charge is 1.90. The van der Waals surface area contributed by atoms with Crippen LogP contribution in [0.25, 0.3) is 0 Å². The molecule has 0 radical (unpaired) electrons. The van der Waals surface area contributed by atoms with Crippen molar-refractivity contribution in [3.8, 4) is 0 Å². The van der Waals surface area contributed by atoms with E-state index in [1.807, 2.05) is 12.4 Å². The van der Waals surface area contributed by atoms with E-state index in [-0.39, 0.29) is 0 Å². The Morgan fingerprint density at radius 2 is 1.85 bits per heavy atom. The molecule has 0 spiro atoms. The SMILES string of the molecule is CCNCCNCc1cncnc1. The van der Waals surface area contributed by atoms with Gasteiger partial charge in [0.1, 0.15) is 6.33 Å². The second kappa shape index (κ2) is 6.51. The van der Waals surface area contributed by atoms with Gasteiger partial charge in [-0.15, -0.1) is 0 Å². The summed E-state index contributed by atoms with van der Waals surface area (Å²) in [7, 11) is 0. The highest BCUT2D eigenvalue weighted by molar-refractivity contribution is 5.01. The van der Waals surface area contributed by atoms with Crippen molar-refractivity contribution in [2.45, 2.75) is 13.5 Å². The number of aromatic nitrogens is 2. The van der Waals surface area contributed by atoms with Crippen LogP contribution in [0.15, 0.2) is 18.7 Å². The van der Waals surface area contributed by atoms with Crippen LogP contribution in [0.4, 0.5) is 0 Å². The molecule has 0 atom stereocenters. The zero-order chi connectivity index (χ0) is 9.36. The van der Waals surface area contributed by atoms with Gasteiger partial charge in [-0.1, -0.05) is 6.92 Å². The van der Waals surface area contributed by atoms with Gasteiger partial charge in [0, 0.05) is 37.6 Å². The fraction of sp³-hybridized carbons (Fsp3) is 0.556. The highest BCUT2D eigenvalue weighted by Crippen LogP contribution is 1.90. The van der Waals surface area contributed by atoms with E-state index < -0.39 is 0 Å². The fourth-order valence-electron chi connectivity index (χ4n) is 1.01. The third-order valence-corrected chi connectivity index (χ3v) is 1.67. The molecule has 2 N–H and O–H groups in total. The van der Waals surface area contributed by atoms with Gasteiger partial charge in [-0.05, 0) is 6.54 Å². The van der Waals surface area contributed by atoms with E-state index in [0.717, 1.165) is 31.7 Å². The standard InChI is InChI=1S/C9H16N4/c1-2-10-3-4-11-5-9-6-12-8-13-7-9/h6-8,10-11H,2-5H2,1H3. The average molecular weight is 180 g/mol. The lowest BCUT2D eigenvalue weighted by Crippen LogP contribution is -2.26. The smallest absolute Gasteiger partial charge is 0.115 e. The summed E-state index contributed by atoms with van der Waals surface area (Å²) in [4.78, 5) is 7.87. The average Bonchev–Trinajstić information content (AvgIpc) is 2.19. The molecule has 4 heteroatoms. The van der Waals surface area contributed by atoms with Crippen LogP contribution < -0.4 is 10.6 Å². The Kier molecular flexibility index (Phi) is 5.05. The number of nitrogens with zero attached hydrogens (tertiary/aromatic N) is 2. The maximum atomic E-state index is 3.93. The van der Waals surface area contributed by atoms with E-state index in [9.17, 15) is 0 Å². The van der Waals surface area contributed by atoms with Crippen molar-refractivity contribution in [2.75, 3.05) is 19.6 Å². The molecule has 1 aromatic heterocycles. The van der Waals surface area contributed by atoms with Gasteiger partial charge >= 0.3 is 0 Å². The summed E-state index contributed by atoms with van der Waals surface area (Å²) >= 11 is 0. The summed E-state index contributed by atoms with van der Waals surface area (Å²) in [6.45, 7) is 5.94. The lowest BCUT2D eigenvalue weighted by atomic mass is 10.3. The van der Waals surface area contributed by atoms with E-state index in [4.69, 9.17) is 0 Å². The summed E-state index contributed by atoms with van der Waals surface area (Å²) in [6, 6.07) is 0. The number of nitrogens with one attached hydrogen (secondary N) is 2. The predicted octanol–water partition coefficient (Wildman–Crippen LogP) is 0.176. The molecule has 1 rings (SSSR count). The molecule has 0 amide bonds. The van der Waals surface area contributed by atoms with Gasteiger partial charge in [-0.25, -0.2) is 9.97 Å². The maximum Gasteiger partial charge on any atom is 0.115 e. The molecular formula is C9H16N4. The lowest BCUT2D eigenvalue weighted by Gasteiger charge is -2.03. The van der Waals surface area contributed by atoms with Crippen LogP contribution >= 0.6 is 0 Å². The Bertz CT molecular complexity index is 212. The monoisotopic (exact) mass is 180 g/mol. The molecule has 0 saturated heterocycles. The Balaban J connectivity index is 2.07. The molecule has 0 aliphatic rings. The van der Waals surface area contributed by atoms with Crippen LogP contribution in [-0.2, 0) is 6.54 Å². The molecule has 0 bridgehead atoms. The molecule has 1 heterocycles. The third-order valence-electron chi connectivity index (χ3n) is 1.67. The van der Waals surface area contributed by atoms with Crippen molar-refractivity contribution in [3.05, 3.63) is 24.3 Å². The second-order valence-electron chi connectivity index (χ2n) is 2.78. The van der Waals surface area contributed by atoms with Crippen LogP contribution in [0.5, 0.6) is 0 Å². The summed E-state index contributed by atoms with van der Waals surface area (Å²) in [5, 5.41) is 6.53. The minimum absolute atomic E-state index is 0.840. The Morgan fingerprint density at radius 3 is 2.54 bits per heavy atom. The molecule has 0 fully saturated rings. The van der Waals surface area contributed by atoms with E-state index in [1.165, 1.54) is 0 Å². The largest absolute Gasteiger partial charge is 0.316 e. The molecule has 4 nitrogen and oxygen atoms in total. The topological polar surface area (TPSA) is 49.8 Å². The van der Waals surface area contributed by atoms with Crippen LogP contribution in [0, 0.1) is 0 Å². The van der Waals surface area contributed by atoms with Crippen LogP contribution in [0.1, 0.15) is 12.5 Å². The number of hydrogen-bond donors (Lipinski definition) is 2. The first kappa shape index (κ1) is 10.1. The van der Waals surface area contributed by atoms with Crippen molar-refractivity contribution < 1.29 is 0 Å². The van der Waals surface area contributed by atoms with Crippen molar-refractivity contribution in [1.82, 2.24) is 20.6 Å². The first-order chi connectivity index (χ1) is 6.43. The summed E-state index contributed by atoms with van der Waals surface area (Å²) in [5.74, 6) is 0. The normalized spacial score (nSPS) is 10.2. The van der Waals surface area contributed by atoms with Crippen molar-refractivity contribution in [2.24, 2.45) is 0 Å². The Labute approximate surface area is 78.8 Å². The van der Waals surface area contributed by atoms with Gasteiger partial charge < -0.3 is 10.6 Å². The Hall–Kier alpha value is -1.00. The highest BCUT2D eigenvalue weighted by atomic mass is 14.9. The van der Waals surface area contributed by atoms with Gasteiger partial charge in [0.15, 0.2) is 0 Å².